The summed E-state index contributed by atoms with van der Waals surface area (Å²) in [6.45, 7) is 3.53. The average Bonchev–Trinajstić information content (AvgIpc) is 3.05. The minimum Gasteiger partial charge on any atom is -0.316 e. The van der Waals surface area contributed by atoms with Gasteiger partial charge >= 0.3 is 0 Å². The lowest BCUT2D eigenvalue weighted by Gasteiger charge is -2.30. The summed E-state index contributed by atoms with van der Waals surface area (Å²) in [5, 5.41) is 4.27. The first-order chi connectivity index (χ1) is 15.4. The maximum absolute atomic E-state index is 13.3. The zero-order chi connectivity index (χ0) is 22.5. The maximum atomic E-state index is 13.3. The van der Waals surface area contributed by atoms with Crippen LogP contribution in [-0.4, -0.2) is 39.4 Å². The Morgan fingerprint density at radius 2 is 1.53 bits per heavy atom. The number of rotatable bonds is 4. The summed E-state index contributed by atoms with van der Waals surface area (Å²) in [4.78, 5) is 27.3. The maximum Gasteiger partial charge on any atom is 0.266 e. The van der Waals surface area contributed by atoms with E-state index in [2.05, 4.69) is 10.0 Å². The highest BCUT2D eigenvalue weighted by molar-refractivity contribution is 7.89. The molecular weight excluding hydrogens is 426 g/mol. The number of benzene rings is 3. The zero-order valence-electron chi connectivity index (χ0n) is 17.5. The molecule has 2 N–H and O–H groups in total. The normalized spacial score (nSPS) is 21.2. The van der Waals surface area contributed by atoms with Crippen LogP contribution >= 0.6 is 0 Å². The van der Waals surface area contributed by atoms with Crippen molar-refractivity contribution in [1.29, 1.82) is 0 Å². The summed E-state index contributed by atoms with van der Waals surface area (Å²) in [5.41, 5.74) is 1.07. The van der Waals surface area contributed by atoms with Gasteiger partial charge in [-0.3, -0.25) is 9.59 Å². The fraction of sp³-hybridized carbons (Fsp3) is 0.250. The SMILES string of the molecule is C[C@H]1CNCC[C@H]1NS(=O)(=O)c1ccc(N2C(=O)c3ccccc3C2=O)c2ccccc12. The summed E-state index contributed by atoms with van der Waals surface area (Å²) in [7, 11) is -3.81. The van der Waals surface area contributed by atoms with Crippen molar-refractivity contribution in [3.63, 3.8) is 0 Å². The first-order valence-corrected chi connectivity index (χ1v) is 12.1. The predicted molar refractivity (Wildman–Crippen MR) is 122 cm³/mol. The number of hydrogen-bond donors (Lipinski definition) is 2. The van der Waals surface area contributed by atoms with Crippen molar-refractivity contribution in [3.8, 4) is 0 Å². The molecule has 1 fully saturated rings. The molecule has 2 amide bonds. The molecule has 0 saturated carbocycles. The van der Waals surface area contributed by atoms with Crippen LogP contribution < -0.4 is 14.9 Å². The molecule has 0 radical (unpaired) electrons. The lowest BCUT2D eigenvalue weighted by Crippen LogP contribution is -2.48. The molecule has 7 nitrogen and oxygen atoms in total. The fourth-order valence-corrected chi connectivity index (χ4v) is 6.14. The summed E-state index contributed by atoms with van der Waals surface area (Å²) in [5.74, 6) is -0.650. The third-order valence-electron chi connectivity index (χ3n) is 6.28. The van der Waals surface area contributed by atoms with Gasteiger partial charge in [0.25, 0.3) is 11.8 Å². The number of hydrogen-bond acceptors (Lipinski definition) is 5. The first-order valence-electron chi connectivity index (χ1n) is 10.6. The van der Waals surface area contributed by atoms with Crippen molar-refractivity contribution >= 4 is 38.3 Å². The molecule has 2 aliphatic rings. The van der Waals surface area contributed by atoms with Crippen LogP contribution in [0.15, 0.2) is 65.6 Å². The summed E-state index contributed by atoms with van der Waals surface area (Å²) >= 11 is 0. The van der Waals surface area contributed by atoms with Gasteiger partial charge in [-0.1, -0.05) is 43.3 Å². The second kappa shape index (κ2) is 7.81. The van der Waals surface area contributed by atoms with Gasteiger partial charge in [0.15, 0.2) is 0 Å². The Balaban J connectivity index is 1.59. The predicted octanol–water partition coefficient (Wildman–Crippen LogP) is 2.92. The van der Waals surface area contributed by atoms with Gasteiger partial charge in [0.2, 0.25) is 10.0 Å². The van der Waals surface area contributed by atoms with Crippen LogP contribution in [0.4, 0.5) is 5.69 Å². The van der Waals surface area contributed by atoms with E-state index in [1.807, 2.05) is 6.92 Å². The van der Waals surface area contributed by atoms with Crippen molar-refractivity contribution in [2.24, 2.45) is 5.92 Å². The highest BCUT2D eigenvalue weighted by atomic mass is 32.2. The van der Waals surface area contributed by atoms with Gasteiger partial charge in [0.05, 0.1) is 21.7 Å². The van der Waals surface area contributed by atoms with Crippen molar-refractivity contribution in [2.75, 3.05) is 18.0 Å². The van der Waals surface area contributed by atoms with E-state index in [0.29, 0.717) is 34.0 Å². The zero-order valence-corrected chi connectivity index (χ0v) is 18.4. The van der Waals surface area contributed by atoms with Crippen LogP contribution in [-0.2, 0) is 10.0 Å². The monoisotopic (exact) mass is 449 g/mol. The Labute approximate surface area is 186 Å². The van der Waals surface area contributed by atoms with E-state index >= 15 is 0 Å². The van der Waals surface area contributed by atoms with E-state index in [-0.39, 0.29) is 16.9 Å². The molecule has 2 atom stereocenters. The second-order valence-electron chi connectivity index (χ2n) is 8.32. The van der Waals surface area contributed by atoms with Gasteiger partial charge in [-0.15, -0.1) is 0 Å². The van der Waals surface area contributed by atoms with E-state index in [0.717, 1.165) is 18.0 Å². The Morgan fingerprint density at radius 3 is 2.19 bits per heavy atom. The van der Waals surface area contributed by atoms with Crippen LogP contribution in [0.25, 0.3) is 10.8 Å². The van der Waals surface area contributed by atoms with Gasteiger partial charge < -0.3 is 5.32 Å². The molecule has 3 aromatic carbocycles. The lowest BCUT2D eigenvalue weighted by molar-refractivity contribution is 0.0926. The summed E-state index contributed by atoms with van der Waals surface area (Å²) in [6.07, 6.45) is 0.714. The van der Waals surface area contributed by atoms with Gasteiger partial charge in [0, 0.05) is 16.8 Å². The van der Waals surface area contributed by atoms with Crippen LogP contribution in [0.3, 0.4) is 0 Å². The number of piperidine rings is 1. The number of sulfonamides is 1. The third kappa shape index (κ3) is 3.31. The molecule has 164 valence electrons. The van der Waals surface area contributed by atoms with E-state index in [1.54, 1.807) is 54.6 Å². The molecule has 0 unspecified atom stereocenters. The van der Waals surface area contributed by atoms with Gasteiger partial charge in [-0.05, 0) is 49.7 Å². The highest BCUT2D eigenvalue weighted by Crippen LogP contribution is 2.36. The topological polar surface area (TPSA) is 95.6 Å². The quantitative estimate of drug-likeness (QED) is 0.597. The molecule has 0 aliphatic carbocycles. The standard InChI is InChI=1S/C24H23N3O4S/c1-15-14-25-13-12-20(15)26-32(30,31)22-11-10-21(16-6-2-3-7-17(16)22)27-23(28)18-8-4-5-9-19(18)24(27)29/h2-11,15,20,25-26H,12-14H2,1H3/t15-,20+/m0/s1. The third-order valence-corrected chi connectivity index (χ3v) is 7.83. The summed E-state index contributed by atoms with van der Waals surface area (Å²) in [6, 6.07) is 16.5. The molecule has 0 spiro atoms. The van der Waals surface area contributed by atoms with Gasteiger partial charge in [-0.2, -0.15) is 0 Å². The fourth-order valence-electron chi connectivity index (χ4n) is 4.54. The number of carbonyl (C=O) groups excluding carboxylic acids is 2. The Kier molecular flexibility index (Phi) is 5.08. The number of imide groups is 1. The number of fused-ring (bicyclic) bond motifs is 2. The van der Waals surface area contributed by atoms with Crippen LogP contribution in [0.2, 0.25) is 0 Å². The molecule has 2 heterocycles. The smallest absolute Gasteiger partial charge is 0.266 e. The molecule has 1 saturated heterocycles. The molecule has 2 aliphatic heterocycles. The first kappa shape index (κ1) is 20.8. The number of nitrogens with zero attached hydrogens (tertiary/aromatic N) is 1. The Bertz CT molecular complexity index is 1320. The Morgan fingerprint density at radius 1 is 0.906 bits per heavy atom. The Hall–Kier alpha value is -3.07. The van der Waals surface area contributed by atoms with Gasteiger partial charge in [-0.25, -0.2) is 18.0 Å². The van der Waals surface area contributed by atoms with E-state index in [1.165, 1.54) is 6.07 Å². The van der Waals surface area contributed by atoms with Crippen molar-refractivity contribution in [3.05, 3.63) is 71.8 Å². The van der Waals surface area contributed by atoms with E-state index in [4.69, 9.17) is 0 Å². The van der Waals surface area contributed by atoms with Gasteiger partial charge in [0.1, 0.15) is 0 Å². The average molecular weight is 450 g/mol. The largest absolute Gasteiger partial charge is 0.316 e. The minimum atomic E-state index is -3.81. The molecule has 8 heteroatoms. The number of anilines is 1. The summed E-state index contributed by atoms with van der Waals surface area (Å²) < 4.78 is 29.5. The molecule has 32 heavy (non-hydrogen) atoms. The van der Waals surface area contributed by atoms with Crippen molar-refractivity contribution in [1.82, 2.24) is 10.0 Å². The van der Waals surface area contributed by atoms with Crippen LogP contribution in [0.1, 0.15) is 34.1 Å². The van der Waals surface area contributed by atoms with Crippen molar-refractivity contribution in [2.45, 2.75) is 24.3 Å². The van der Waals surface area contributed by atoms with Crippen molar-refractivity contribution < 1.29 is 18.0 Å². The highest BCUT2D eigenvalue weighted by Gasteiger charge is 2.37. The van der Waals surface area contributed by atoms with Crippen LogP contribution in [0.5, 0.6) is 0 Å². The number of amides is 2. The molecular formula is C24H23N3O4S. The number of nitrogens with one attached hydrogen (secondary N) is 2. The number of carbonyl (C=O) groups is 2. The lowest BCUT2D eigenvalue weighted by atomic mass is 9.97. The van der Waals surface area contributed by atoms with E-state index in [9.17, 15) is 18.0 Å². The molecule has 3 aromatic rings. The molecule has 0 bridgehead atoms. The van der Waals surface area contributed by atoms with Crippen LogP contribution in [0, 0.1) is 5.92 Å². The second-order valence-corrected chi connectivity index (χ2v) is 10.00. The van der Waals surface area contributed by atoms with E-state index < -0.39 is 21.8 Å². The molecule has 5 rings (SSSR count). The molecule has 0 aromatic heterocycles. The minimum absolute atomic E-state index is 0.138.